The van der Waals surface area contributed by atoms with E-state index in [1.807, 2.05) is 11.8 Å². The van der Waals surface area contributed by atoms with Crippen LogP contribution < -0.4 is 15.4 Å². The molecule has 1 unspecified atom stereocenters. The van der Waals surface area contributed by atoms with Gasteiger partial charge in [-0.3, -0.25) is 14.7 Å². The van der Waals surface area contributed by atoms with E-state index in [0.717, 1.165) is 52.1 Å². The van der Waals surface area contributed by atoms with E-state index in [-0.39, 0.29) is 35.9 Å². The van der Waals surface area contributed by atoms with E-state index in [1.165, 1.54) is 18.6 Å². The van der Waals surface area contributed by atoms with Crippen LogP contribution >= 0.6 is 24.0 Å². The van der Waals surface area contributed by atoms with Crippen molar-refractivity contribution in [2.75, 3.05) is 52.9 Å². The second-order valence-corrected chi connectivity index (χ2v) is 8.06. The molecule has 2 fully saturated rings. The zero-order valence-electron chi connectivity index (χ0n) is 18.5. The van der Waals surface area contributed by atoms with Crippen LogP contribution in [0.25, 0.3) is 0 Å². The minimum Gasteiger partial charge on any atom is -0.489 e. The number of guanidine groups is 1. The molecule has 174 valence electrons. The molecule has 1 saturated heterocycles. The number of hydrogen-bond acceptors (Lipinski definition) is 4. The minimum absolute atomic E-state index is 0. The van der Waals surface area contributed by atoms with Crippen LogP contribution in [0.15, 0.2) is 29.3 Å². The third-order valence-electron chi connectivity index (χ3n) is 5.77. The van der Waals surface area contributed by atoms with E-state index in [9.17, 15) is 9.18 Å². The molecule has 0 spiro atoms. The zero-order chi connectivity index (χ0) is 21.3. The van der Waals surface area contributed by atoms with E-state index in [0.29, 0.717) is 30.1 Å². The maximum atomic E-state index is 13.2. The molecular formula is C22H35FIN5O2. The molecule has 0 radical (unpaired) electrons. The van der Waals surface area contributed by atoms with Crippen molar-refractivity contribution in [1.29, 1.82) is 0 Å². The van der Waals surface area contributed by atoms with Crippen molar-refractivity contribution in [2.24, 2.45) is 10.9 Å². The van der Waals surface area contributed by atoms with Gasteiger partial charge in [-0.1, -0.05) is 12.5 Å². The fraction of sp³-hybridized carbons (Fsp3) is 0.636. The second-order valence-electron chi connectivity index (χ2n) is 8.06. The van der Waals surface area contributed by atoms with E-state index < -0.39 is 0 Å². The van der Waals surface area contributed by atoms with Crippen molar-refractivity contribution in [1.82, 2.24) is 20.4 Å². The van der Waals surface area contributed by atoms with Crippen molar-refractivity contribution >= 4 is 35.8 Å². The average molecular weight is 547 g/mol. The van der Waals surface area contributed by atoms with E-state index in [1.54, 1.807) is 19.2 Å². The van der Waals surface area contributed by atoms with Gasteiger partial charge < -0.3 is 20.3 Å². The van der Waals surface area contributed by atoms with Crippen molar-refractivity contribution in [3.05, 3.63) is 30.1 Å². The fourth-order valence-corrected chi connectivity index (χ4v) is 3.71. The number of carbonyl (C=O) groups excluding carboxylic acids is 1. The Morgan fingerprint density at radius 2 is 2.00 bits per heavy atom. The molecule has 3 rings (SSSR count). The quantitative estimate of drug-likeness (QED) is 0.297. The maximum absolute atomic E-state index is 13.2. The number of amides is 1. The van der Waals surface area contributed by atoms with Crippen LogP contribution in [0.5, 0.6) is 5.75 Å². The molecule has 0 aromatic heterocycles. The summed E-state index contributed by atoms with van der Waals surface area (Å²) in [5, 5.41) is 6.55. The van der Waals surface area contributed by atoms with Gasteiger partial charge in [-0.15, -0.1) is 24.0 Å². The Kier molecular flexibility index (Phi) is 10.8. The number of ether oxygens (including phenoxy) is 1. The van der Waals surface area contributed by atoms with Gasteiger partial charge in [0.25, 0.3) is 0 Å². The lowest BCUT2D eigenvalue weighted by Crippen LogP contribution is -2.52. The van der Waals surface area contributed by atoms with Crippen LogP contribution in [0.4, 0.5) is 4.39 Å². The molecule has 7 nitrogen and oxygen atoms in total. The summed E-state index contributed by atoms with van der Waals surface area (Å²) in [6.07, 6.45) is 3.21. The van der Waals surface area contributed by atoms with Gasteiger partial charge in [-0.25, -0.2) is 4.39 Å². The fourth-order valence-electron chi connectivity index (χ4n) is 3.71. The summed E-state index contributed by atoms with van der Waals surface area (Å²) in [6, 6.07) is 6.15. The molecule has 0 bridgehead atoms. The number of nitrogens with one attached hydrogen (secondary N) is 2. The lowest BCUT2D eigenvalue weighted by molar-refractivity contribution is -0.139. The number of aliphatic imine (C=N–C) groups is 1. The molecule has 1 atom stereocenters. The highest BCUT2D eigenvalue weighted by Gasteiger charge is 2.30. The van der Waals surface area contributed by atoms with Crippen molar-refractivity contribution in [2.45, 2.75) is 32.3 Å². The summed E-state index contributed by atoms with van der Waals surface area (Å²) >= 11 is 0. The molecule has 1 amide bonds. The average Bonchev–Trinajstić information content (AvgIpc) is 2.69. The van der Waals surface area contributed by atoms with Gasteiger partial charge in [0, 0.05) is 58.3 Å². The zero-order valence-corrected chi connectivity index (χ0v) is 20.8. The molecule has 1 aromatic carbocycles. The number of piperazine rings is 1. The molecule has 9 heteroatoms. The summed E-state index contributed by atoms with van der Waals surface area (Å²) in [4.78, 5) is 21.0. The first-order chi connectivity index (χ1) is 14.5. The van der Waals surface area contributed by atoms with Crippen LogP contribution in [-0.4, -0.2) is 80.6 Å². The van der Waals surface area contributed by atoms with E-state index >= 15 is 0 Å². The normalized spacial score (nSPS) is 18.5. The number of nitrogens with zero attached hydrogens (tertiary/aromatic N) is 3. The summed E-state index contributed by atoms with van der Waals surface area (Å²) in [7, 11) is 1.73. The number of carbonyl (C=O) groups is 1. The van der Waals surface area contributed by atoms with Crippen molar-refractivity contribution in [3.8, 4) is 5.75 Å². The topological polar surface area (TPSA) is 69.2 Å². The lowest BCUT2D eigenvalue weighted by atomic mass is 9.84. The predicted molar refractivity (Wildman–Crippen MR) is 132 cm³/mol. The molecule has 1 aliphatic heterocycles. The van der Waals surface area contributed by atoms with Crippen molar-refractivity contribution < 1.29 is 13.9 Å². The summed E-state index contributed by atoms with van der Waals surface area (Å²) < 4.78 is 19.0. The number of benzene rings is 1. The summed E-state index contributed by atoms with van der Waals surface area (Å²) in [5.74, 6) is 1.57. The SMILES string of the molecule is CN=C(NCCN1CCN(C(=O)C2CCC2)CC1)NCC(C)Oc1cccc(F)c1.I. The number of hydrogen-bond donors (Lipinski definition) is 2. The standard InChI is InChI=1S/C22H34FN5O2.HI/c1-17(30-20-8-4-7-19(23)15-20)16-26-22(24-2)25-9-10-27-11-13-28(14-12-27)21(29)18-5-3-6-18;/h4,7-8,15,17-18H,3,5-6,9-14,16H2,1-2H3,(H2,24,25,26);1H. The van der Waals surface area contributed by atoms with Gasteiger partial charge >= 0.3 is 0 Å². The Hall–Kier alpha value is -1.62. The monoisotopic (exact) mass is 547 g/mol. The minimum atomic E-state index is -0.307. The highest BCUT2D eigenvalue weighted by molar-refractivity contribution is 14.0. The van der Waals surface area contributed by atoms with Gasteiger partial charge in [0.15, 0.2) is 5.96 Å². The van der Waals surface area contributed by atoms with Gasteiger partial charge in [-0.05, 0) is 31.9 Å². The summed E-state index contributed by atoms with van der Waals surface area (Å²) in [6.45, 7) is 7.66. The summed E-state index contributed by atoms with van der Waals surface area (Å²) in [5.41, 5.74) is 0. The van der Waals surface area contributed by atoms with Crippen LogP contribution in [0.1, 0.15) is 26.2 Å². The molecule has 1 aliphatic carbocycles. The van der Waals surface area contributed by atoms with Crippen LogP contribution in [0, 0.1) is 11.7 Å². The van der Waals surface area contributed by atoms with Crippen LogP contribution in [0.3, 0.4) is 0 Å². The van der Waals surface area contributed by atoms with Crippen LogP contribution in [-0.2, 0) is 4.79 Å². The third kappa shape index (κ3) is 8.10. The van der Waals surface area contributed by atoms with Gasteiger partial charge in [0.2, 0.25) is 5.91 Å². The Labute approximate surface area is 201 Å². The lowest BCUT2D eigenvalue weighted by Gasteiger charge is -2.38. The first kappa shape index (κ1) is 25.6. The first-order valence-electron chi connectivity index (χ1n) is 10.9. The molecule has 1 aromatic rings. The van der Waals surface area contributed by atoms with Crippen molar-refractivity contribution in [3.63, 3.8) is 0 Å². The molecule has 1 heterocycles. The molecule has 2 N–H and O–H groups in total. The van der Waals surface area contributed by atoms with Gasteiger partial charge in [0.05, 0.1) is 6.54 Å². The van der Waals surface area contributed by atoms with E-state index in [2.05, 4.69) is 20.5 Å². The van der Waals surface area contributed by atoms with Gasteiger partial charge in [0.1, 0.15) is 17.7 Å². The second kappa shape index (κ2) is 13.0. The predicted octanol–water partition coefficient (Wildman–Crippen LogP) is 2.32. The first-order valence-corrected chi connectivity index (χ1v) is 10.9. The van der Waals surface area contributed by atoms with Crippen LogP contribution in [0.2, 0.25) is 0 Å². The highest BCUT2D eigenvalue weighted by Crippen LogP contribution is 2.28. The Balaban J connectivity index is 0.00000341. The highest BCUT2D eigenvalue weighted by atomic mass is 127. The molecule has 31 heavy (non-hydrogen) atoms. The molecule has 1 saturated carbocycles. The Morgan fingerprint density at radius 3 is 2.61 bits per heavy atom. The Morgan fingerprint density at radius 1 is 1.26 bits per heavy atom. The number of rotatable bonds is 8. The molecular weight excluding hydrogens is 512 g/mol. The van der Waals surface area contributed by atoms with E-state index in [4.69, 9.17) is 4.74 Å². The Bertz CT molecular complexity index is 724. The molecule has 2 aliphatic rings. The smallest absolute Gasteiger partial charge is 0.225 e. The third-order valence-corrected chi connectivity index (χ3v) is 5.77. The van der Waals surface area contributed by atoms with Gasteiger partial charge in [-0.2, -0.15) is 0 Å². The largest absolute Gasteiger partial charge is 0.489 e. The maximum Gasteiger partial charge on any atom is 0.225 e. The number of halogens is 2.